The molecule has 0 bridgehead atoms. The molecule has 0 aliphatic heterocycles. The predicted molar refractivity (Wildman–Crippen MR) is 109 cm³/mol. The monoisotopic (exact) mass is 394 g/mol. The second-order valence-corrected chi connectivity index (χ2v) is 7.85. The molecule has 142 valence electrons. The lowest BCUT2D eigenvalue weighted by molar-refractivity contribution is 0.0317. The highest BCUT2D eigenvalue weighted by Crippen LogP contribution is 2.31. The highest BCUT2D eigenvalue weighted by molar-refractivity contribution is 7.18. The number of thiophene rings is 1. The number of H-pyrrole nitrogens is 1. The second-order valence-electron chi connectivity index (χ2n) is 6.64. The van der Waals surface area contributed by atoms with Gasteiger partial charge in [0, 0.05) is 10.3 Å². The third-order valence-corrected chi connectivity index (χ3v) is 5.95. The molecule has 0 saturated carbocycles. The SMILES string of the molecule is Cc1sc2nc([C@@H](C)OC(=O)c3ccc4ccccc4c3O)[nH]c(=O)c2c1C. The van der Waals surface area contributed by atoms with Crippen LogP contribution in [0.1, 0.15) is 39.7 Å². The van der Waals surface area contributed by atoms with Crippen molar-refractivity contribution in [1.29, 1.82) is 0 Å². The highest BCUT2D eigenvalue weighted by Gasteiger charge is 2.21. The van der Waals surface area contributed by atoms with Crippen molar-refractivity contribution in [2.45, 2.75) is 26.9 Å². The molecular formula is C21H18N2O4S. The van der Waals surface area contributed by atoms with Gasteiger partial charge in [-0.25, -0.2) is 9.78 Å². The van der Waals surface area contributed by atoms with Gasteiger partial charge in [-0.15, -0.1) is 11.3 Å². The maximum absolute atomic E-state index is 12.6. The molecule has 1 atom stereocenters. The van der Waals surface area contributed by atoms with Crippen LogP contribution in [-0.4, -0.2) is 21.0 Å². The zero-order valence-electron chi connectivity index (χ0n) is 15.6. The summed E-state index contributed by atoms with van der Waals surface area (Å²) >= 11 is 1.43. The fraction of sp³-hybridized carbons (Fsp3) is 0.190. The summed E-state index contributed by atoms with van der Waals surface area (Å²) in [5.74, 6) is -0.541. The standard InChI is InChI=1S/C21H18N2O4S/c1-10-12(3)28-20-16(10)19(25)22-18(23-20)11(2)27-21(26)15-9-8-13-6-4-5-7-14(13)17(15)24/h4-9,11,24H,1-3H3,(H,22,23,25)/t11-/m1/s1. The molecule has 6 nitrogen and oxygen atoms in total. The van der Waals surface area contributed by atoms with Crippen molar-refractivity contribution >= 4 is 38.3 Å². The number of phenolic OH excluding ortho intramolecular Hbond substituents is 1. The van der Waals surface area contributed by atoms with Crippen molar-refractivity contribution in [2.24, 2.45) is 0 Å². The van der Waals surface area contributed by atoms with Crippen molar-refractivity contribution in [3.8, 4) is 5.75 Å². The van der Waals surface area contributed by atoms with E-state index in [1.807, 2.05) is 26.0 Å². The number of carbonyl (C=O) groups excluding carboxylic acids is 1. The fourth-order valence-corrected chi connectivity index (χ4v) is 4.20. The maximum atomic E-state index is 12.6. The van der Waals surface area contributed by atoms with Gasteiger partial charge in [-0.05, 0) is 37.8 Å². The van der Waals surface area contributed by atoms with E-state index in [0.717, 1.165) is 15.8 Å². The largest absolute Gasteiger partial charge is 0.506 e. The third-order valence-electron chi connectivity index (χ3n) is 4.85. The molecule has 0 saturated heterocycles. The molecular weight excluding hydrogens is 376 g/mol. The lowest BCUT2D eigenvalue weighted by atomic mass is 10.1. The van der Waals surface area contributed by atoms with Crippen molar-refractivity contribution in [2.75, 3.05) is 0 Å². The van der Waals surface area contributed by atoms with E-state index in [2.05, 4.69) is 9.97 Å². The van der Waals surface area contributed by atoms with Crippen molar-refractivity contribution in [3.63, 3.8) is 0 Å². The summed E-state index contributed by atoms with van der Waals surface area (Å²) < 4.78 is 5.47. The summed E-state index contributed by atoms with van der Waals surface area (Å²) in [5.41, 5.74) is 0.723. The Morgan fingerprint density at radius 2 is 1.96 bits per heavy atom. The van der Waals surface area contributed by atoms with Gasteiger partial charge in [0.25, 0.3) is 5.56 Å². The van der Waals surface area contributed by atoms with E-state index in [1.54, 1.807) is 25.1 Å². The Kier molecular flexibility index (Phi) is 4.39. The maximum Gasteiger partial charge on any atom is 0.342 e. The first kappa shape index (κ1) is 18.2. The number of fused-ring (bicyclic) bond motifs is 2. The van der Waals surface area contributed by atoms with Crippen molar-refractivity contribution in [1.82, 2.24) is 9.97 Å². The number of aromatic nitrogens is 2. The summed E-state index contributed by atoms with van der Waals surface area (Å²) in [6.45, 7) is 5.46. The van der Waals surface area contributed by atoms with Crippen LogP contribution >= 0.6 is 11.3 Å². The molecule has 0 radical (unpaired) electrons. The van der Waals surface area contributed by atoms with E-state index >= 15 is 0 Å². The van der Waals surface area contributed by atoms with E-state index in [-0.39, 0.29) is 22.7 Å². The Balaban J connectivity index is 1.66. The van der Waals surface area contributed by atoms with Crippen molar-refractivity contribution < 1.29 is 14.6 Å². The molecule has 2 aromatic heterocycles. The van der Waals surface area contributed by atoms with Gasteiger partial charge in [0.1, 0.15) is 16.1 Å². The summed E-state index contributed by atoms with van der Waals surface area (Å²) in [6, 6.07) is 10.5. The second kappa shape index (κ2) is 6.76. The predicted octanol–water partition coefficient (Wildman–Crippen LogP) is 4.38. The average molecular weight is 394 g/mol. The molecule has 0 spiro atoms. The fourth-order valence-electron chi connectivity index (χ4n) is 3.16. The van der Waals surface area contributed by atoms with Crippen LogP contribution in [0.3, 0.4) is 0 Å². The molecule has 2 aromatic carbocycles. The molecule has 2 N–H and O–H groups in total. The topological polar surface area (TPSA) is 92.3 Å². The van der Waals surface area contributed by atoms with Gasteiger partial charge >= 0.3 is 5.97 Å². The highest BCUT2D eigenvalue weighted by atomic mass is 32.1. The van der Waals surface area contributed by atoms with Crippen LogP contribution < -0.4 is 5.56 Å². The Morgan fingerprint density at radius 1 is 1.21 bits per heavy atom. The Labute approximate surface area is 164 Å². The summed E-state index contributed by atoms with van der Waals surface area (Å²) in [7, 11) is 0. The van der Waals surface area contributed by atoms with Gasteiger partial charge in [0.2, 0.25) is 0 Å². The summed E-state index contributed by atoms with van der Waals surface area (Å²) in [6.07, 6.45) is -0.779. The number of aryl methyl sites for hydroxylation is 2. The van der Waals surface area contributed by atoms with Crippen LogP contribution in [0, 0.1) is 13.8 Å². The van der Waals surface area contributed by atoms with Gasteiger partial charge in [-0.1, -0.05) is 30.3 Å². The smallest absolute Gasteiger partial charge is 0.342 e. The van der Waals surface area contributed by atoms with Crippen LogP contribution in [0.5, 0.6) is 5.75 Å². The number of carbonyl (C=O) groups is 1. The van der Waals surface area contributed by atoms with Gasteiger partial charge in [-0.2, -0.15) is 0 Å². The number of hydrogen-bond donors (Lipinski definition) is 2. The Morgan fingerprint density at radius 3 is 2.75 bits per heavy atom. The minimum absolute atomic E-state index is 0.0665. The number of aromatic hydroxyl groups is 1. The van der Waals surface area contributed by atoms with Crippen LogP contribution in [0.15, 0.2) is 41.2 Å². The zero-order chi connectivity index (χ0) is 20.0. The zero-order valence-corrected chi connectivity index (χ0v) is 16.4. The number of ether oxygens (including phenoxy) is 1. The number of nitrogens with one attached hydrogen (secondary N) is 1. The third kappa shape index (κ3) is 2.93. The molecule has 4 rings (SSSR count). The average Bonchev–Trinajstić information content (AvgIpc) is 2.96. The number of rotatable bonds is 3. The van der Waals surface area contributed by atoms with Crippen LogP contribution in [-0.2, 0) is 4.74 Å². The molecule has 4 aromatic rings. The van der Waals surface area contributed by atoms with Gasteiger partial charge in [0.15, 0.2) is 11.9 Å². The minimum atomic E-state index is -0.779. The lowest BCUT2D eigenvalue weighted by Crippen LogP contribution is -2.17. The molecule has 2 heterocycles. The van der Waals surface area contributed by atoms with E-state index < -0.39 is 12.1 Å². The first-order valence-electron chi connectivity index (χ1n) is 8.78. The van der Waals surface area contributed by atoms with Gasteiger partial charge < -0.3 is 14.8 Å². The van der Waals surface area contributed by atoms with Crippen LogP contribution in [0.2, 0.25) is 0 Å². The van der Waals surface area contributed by atoms with Crippen molar-refractivity contribution in [3.05, 3.63) is 68.6 Å². The summed E-state index contributed by atoms with van der Waals surface area (Å²) in [4.78, 5) is 33.8. The van der Waals surface area contributed by atoms with E-state index in [4.69, 9.17) is 4.74 Å². The molecule has 0 unspecified atom stereocenters. The molecule has 28 heavy (non-hydrogen) atoms. The minimum Gasteiger partial charge on any atom is -0.506 e. The Hall–Kier alpha value is -3.19. The number of esters is 1. The molecule has 0 fully saturated rings. The van der Waals surface area contributed by atoms with E-state index in [1.165, 1.54) is 17.4 Å². The van der Waals surface area contributed by atoms with E-state index in [9.17, 15) is 14.7 Å². The van der Waals surface area contributed by atoms with Crippen LogP contribution in [0.25, 0.3) is 21.0 Å². The number of benzene rings is 2. The Bertz CT molecular complexity index is 1290. The normalized spacial score (nSPS) is 12.4. The first-order chi connectivity index (χ1) is 13.4. The number of phenols is 1. The number of aromatic amines is 1. The lowest BCUT2D eigenvalue weighted by Gasteiger charge is -2.14. The van der Waals surface area contributed by atoms with Gasteiger partial charge in [-0.3, -0.25) is 4.79 Å². The van der Waals surface area contributed by atoms with Crippen LogP contribution in [0.4, 0.5) is 0 Å². The molecule has 7 heteroatoms. The number of hydrogen-bond acceptors (Lipinski definition) is 6. The molecule has 0 amide bonds. The number of nitrogens with zero attached hydrogens (tertiary/aromatic N) is 1. The van der Waals surface area contributed by atoms with Gasteiger partial charge in [0.05, 0.1) is 5.39 Å². The quantitative estimate of drug-likeness (QED) is 0.503. The molecule has 0 aliphatic carbocycles. The molecule has 0 aliphatic rings. The first-order valence-corrected chi connectivity index (χ1v) is 9.60. The van der Waals surface area contributed by atoms with E-state index in [0.29, 0.717) is 15.6 Å². The summed E-state index contributed by atoms with van der Waals surface area (Å²) in [5, 5.41) is 12.4.